The van der Waals surface area contributed by atoms with Crippen LogP contribution in [0, 0.1) is 5.92 Å². The molecule has 2 heterocycles. The van der Waals surface area contributed by atoms with Gasteiger partial charge in [-0.2, -0.15) is 0 Å². The van der Waals surface area contributed by atoms with Gasteiger partial charge in [-0.05, 0) is 30.2 Å². The van der Waals surface area contributed by atoms with Gasteiger partial charge in [-0.25, -0.2) is 23.2 Å². The number of carbonyl (C=O) groups is 2. The molecule has 1 aliphatic heterocycles. The number of piperidine rings is 1. The number of benzene rings is 2. The van der Waals surface area contributed by atoms with Crippen molar-refractivity contribution >= 4 is 44.4 Å². The van der Waals surface area contributed by atoms with Crippen LogP contribution in [0.15, 0.2) is 61.4 Å². The molecule has 1 fully saturated rings. The minimum Gasteiger partial charge on any atom is -0.497 e. The first-order chi connectivity index (χ1) is 19.1. The topological polar surface area (TPSA) is 154 Å². The quantitative estimate of drug-likeness (QED) is 0.311. The molecule has 1 aromatic heterocycles. The van der Waals surface area contributed by atoms with Gasteiger partial charge in [0.1, 0.15) is 17.9 Å². The molecule has 0 bridgehead atoms. The van der Waals surface area contributed by atoms with Gasteiger partial charge in [-0.3, -0.25) is 14.4 Å². The smallest absolute Gasteiger partial charge is 0.407 e. The number of hydrogen-bond acceptors (Lipinski definition) is 9. The van der Waals surface area contributed by atoms with Gasteiger partial charge in [0.15, 0.2) is 0 Å². The van der Waals surface area contributed by atoms with E-state index in [1.807, 2.05) is 52.1 Å². The van der Waals surface area contributed by atoms with Gasteiger partial charge in [0.25, 0.3) is 0 Å². The van der Waals surface area contributed by atoms with Crippen molar-refractivity contribution in [3.63, 3.8) is 0 Å². The average molecular weight is 569 g/mol. The predicted molar refractivity (Wildman–Crippen MR) is 151 cm³/mol. The van der Waals surface area contributed by atoms with Crippen molar-refractivity contribution in [2.75, 3.05) is 38.3 Å². The normalized spacial score (nSPS) is 17.6. The standard InChI is InChI=1S/C27H32N6O6S/c1-4-12-33(27(35)36)23-11-13-32(16-21(23)26(34)31-40(3,37)38)15-18-7-5-10-22-24(18)25(29-17-28-22)30-19-8-6-9-20(14-19)39-2/h4-10,14,17,21,23H,1,11-13,15-16H2,2-3H3,(H,31,34)(H,35,36)(H,28,29,30)/t21-,23+/m0/s1. The Morgan fingerprint density at radius 3 is 2.73 bits per heavy atom. The molecular formula is C27H32N6O6S. The summed E-state index contributed by atoms with van der Waals surface area (Å²) >= 11 is 0. The SMILES string of the molecule is C=CCN(C(=O)O)[C@@H]1CCN(Cc2cccc3ncnc(Nc4cccc(OC)c4)c23)C[C@@H]1C(=O)NS(C)(=O)=O. The molecule has 1 aliphatic rings. The number of amides is 2. The Bertz CT molecular complexity index is 1510. The number of nitrogens with one attached hydrogen (secondary N) is 2. The first kappa shape index (κ1) is 28.8. The number of nitrogens with zero attached hydrogens (tertiary/aromatic N) is 4. The maximum absolute atomic E-state index is 13.1. The van der Waals surface area contributed by atoms with Crippen molar-refractivity contribution in [3.8, 4) is 5.75 Å². The summed E-state index contributed by atoms with van der Waals surface area (Å²) in [5.74, 6) is -0.371. The summed E-state index contributed by atoms with van der Waals surface area (Å²) in [4.78, 5) is 37.1. The molecule has 12 nitrogen and oxygen atoms in total. The zero-order valence-electron chi connectivity index (χ0n) is 22.3. The Hall–Kier alpha value is -4.23. The Morgan fingerprint density at radius 2 is 2.02 bits per heavy atom. The summed E-state index contributed by atoms with van der Waals surface area (Å²) in [5.41, 5.74) is 2.40. The minimum atomic E-state index is -3.84. The van der Waals surface area contributed by atoms with E-state index in [1.54, 1.807) is 7.11 Å². The van der Waals surface area contributed by atoms with Crippen molar-refractivity contribution in [1.29, 1.82) is 0 Å². The summed E-state index contributed by atoms with van der Waals surface area (Å²) in [6.07, 6.45) is 2.95. The number of sulfonamides is 1. The molecule has 0 unspecified atom stereocenters. The van der Waals surface area contributed by atoms with Crippen LogP contribution >= 0.6 is 0 Å². The van der Waals surface area contributed by atoms with Crippen LogP contribution < -0.4 is 14.8 Å². The van der Waals surface area contributed by atoms with E-state index in [9.17, 15) is 23.1 Å². The fourth-order valence-corrected chi connectivity index (χ4v) is 5.54. The second kappa shape index (κ2) is 12.3. The lowest BCUT2D eigenvalue weighted by molar-refractivity contribution is -0.127. The van der Waals surface area contributed by atoms with Crippen LogP contribution in [0.2, 0.25) is 0 Å². The van der Waals surface area contributed by atoms with Gasteiger partial charge < -0.3 is 20.1 Å². The number of ether oxygens (including phenoxy) is 1. The highest BCUT2D eigenvalue weighted by Crippen LogP contribution is 2.30. The third-order valence-electron chi connectivity index (χ3n) is 6.73. The number of fused-ring (bicyclic) bond motifs is 1. The molecule has 2 aromatic carbocycles. The van der Waals surface area contributed by atoms with Gasteiger partial charge in [-0.1, -0.05) is 24.3 Å². The van der Waals surface area contributed by atoms with E-state index in [0.29, 0.717) is 31.1 Å². The molecule has 40 heavy (non-hydrogen) atoms. The third-order valence-corrected chi connectivity index (χ3v) is 7.30. The molecule has 212 valence electrons. The second-order valence-corrected chi connectivity index (χ2v) is 11.3. The van der Waals surface area contributed by atoms with Crippen molar-refractivity contribution in [3.05, 3.63) is 67.0 Å². The van der Waals surface area contributed by atoms with Crippen molar-refractivity contribution < 1.29 is 27.9 Å². The predicted octanol–water partition coefficient (Wildman–Crippen LogP) is 2.81. The third kappa shape index (κ3) is 6.85. The molecule has 3 aromatic rings. The highest BCUT2D eigenvalue weighted by molar-refractivity contribution is 7.89. The molecular weight excluding hydrogens is 536 g/mol. The molecule has 2 amide bonds. The Morgan fingerprint density at radius 1 is 1.25 bits per heavy atom. The number of anilines is 2. The van der Waals surface area contributed by atoms with Gasteiger partial charge in [-0.15, -0.1) is 6.58 Å². The first-order valence-corrected chi connectivity index (χ1v) is 14.5. The number of carbonyl (C=O) groups excluding carboxylic acids is 1. The Kier molecular flexibility index (Phi) is 8.85. The van der Waals surface area contributed by atoms with Crippen LogP contribution in [0.4, 0.5) is 16.3 Å². The molecule has 0 saturated carbocycles. The van der Waals surface area contributed by atoms with E-state index in [1.165, 1.54) is 12.4 Å². The minimum absolute atomic E-state index is 0.0165. The molecule has 13 heteroatoms. The average Bonchev–Trinajstić information content (AvgIpc) is 2.91. The number of hydrogen-bond donors (Lipinski definition) is 3. The van der Waals surface area contributed by atoms with E-state index < -0.39 is 34.0 Å². The zero-order valence-corrected chi connectivity index (χ0v) is 23.1. The van der Waals surface area contributed by atoms with E-state index in [4.69, 9.17) is 4.74 Å². The van der Waals surface area contributed by atoms with Crippen LogP contribution in [-0.4, -0.2) is 84.3 Å². The fraction of sp³-hybridized carbons (Fsp3) is 0.333. The van der Waals surface area contributed by atoms with Crippen LogP contribution in [0.1, 0.15) is 12.0 Å². The molecule has 4 rings (SSSR count). The summed E-state index contributed by atoms with van der Waals surface area (Å²) < 4.78 is 31.1. The highest BCUT2D eigenvalue weighted by atomic mass is 32.2. The van der Waals surface area contributed by atoms with Gasteiger partial charge in [0.2, 0.25) is 15.9 Å². The van der Waals surface area contributed by atoms with Crippen LogP contribution in [0.3, 0.4) is 0 Å². The number of aromatic nitrogens is 2. The van der Waals surface area contributed by atoms with Crippen molar-refractivity contribution in [2.24, 2.45) is 5.92 Å². The fourth-order valence-electron chi connectivity index (χ4n) is 5.02. The van der Waals surface area contributed by atoms with E-state index in [2.05, 4.69) is 21.9 Å². The Labute approximate surface area is 232 Å². The molecule has 1 saturated heterocycles. The summed E-state index contributed by atoms with van der Waals surface area (Å²) in [7, 11) is -2.24. The second-order valence-electron chi connectivity index (χ2n) is 9.55. The highest BCUT2D eigenvalue weighted by Gasteiger charge is 2.40. The summed E-state index contributed by atoms with van der Waals surface area (Å²) in [5, 5.41) is 13.9. The molecule has 0 aliphatic carbocycles. The Balaban J connectivity index is 1.64. The van der Waals surface area contributed by atoms with E-state index in [-0.39, 0.29) is 13.1 Å². The monoisotopic (exact) mass is 568 g/mol. The molecule has 2 atom stereocenters. The zero-order chi connectivity index (χ0) is 28.9. The summed E-state index contributed by atoms with van der Waals surface area (Å²) in [6.45, 7) is 4.67. The van der Waals surface area contributed by atoms with Crippen LogP contribution in [0.25, 0.3) is 10.9 Å². The van der Waals surface area contributed by atoms with E-state index >= 15 is 0 Å². The largest absolute Gasteiger partial charge is 0.497 e. The van der Waals surface area contributed by atoms with Gasteiger partial charge >= 0.3 is 6.09 Å². The number of likely N-dealkylation sites (tertiary alicyclic amines) is 1. The van der Waals surface area contributed by atoms with Crippen molar-refractivity contribution in [1.82, 2.24) is 24.5 Å². The lowest BCUT2D eigenvalue weighted by atomic mass is 9.89. The lowest BCUT2D eigenvalue weighted by Gasteiger charge is -2.41. The molecule has 0 spiro atoms. The maximum Gasteiger partial charge on any atom is 0.407 e. The van der Waals surface area contributed by atoms with E-state index in [0.717, 1.165) is 33.3 Å². The molecule has 0 radical (unpaired) electrons. The van der Waals surface area contributed by atoms with Crippen LogP contribution in [-0.2, 0) is 21.4 Å². The van der Waals surface area contributed by atoms with Crippen molar-refractivity contribution in [2.45, 2.75) is 19.0 Å². The first-order valence-electron chi connectivity index (χ1n) is 12.6. The molecule has 3 N–H and O–H groups in total. The number of rotatable bonds is 10. The maximum atomic E-state index is 13.1. The summed E-state index contributed by atoms with van der Waals surface area (Å²) in [6, 6.07) is 12.5. The number of carboxylic acid groups (broad SMARTS) is 1. The number of methoxy groups -OCH3 is 1. The van der Waals surface area contributed by atoms with Crippen LogP contribution in [0.5, 0.6) is 5.75 Å². The lowest BCUT2D eigenvalue weighted by Crippen LogP contribution is -2.57. The van der Waals surface area contributed by atoms with Gasteiger partial charge in [0.05, 0.1) is 24.8 Å². The van der Waals surface area contributed by atoms with Gasteiger partial charge in [0, 0.05) is 49.4 Å².